The van der Waals surface area contributed by atoms with Crippen LogP contribution in [0, 0.1) is 0 Å². The molecule has 0 saturated heterocycles. The summed E-state index contributed by atoms with van der Waals surface area (Å²) in [5, 5.41) is 4.10. The summed E-state index contributed by atoms with van der Waals surface area (Å²) in [5.74, 6) is 0. The third kappa shape index (κ3) is 3.46. The molecule has 2 aromatic heterocycles. The molecule has 0 atom stereocenters. The van der Waals surface area contributed by atoms with Gasteiger partial charge in [-0.2, -0.15) is 0 Å². The third-order valence-corrected chi connectivity index (χ3v) is 5.15. The molecule has 0 aliphatic carbocycles. The predicted octanol–water partition coefficient (Wildman–Crippen LogP) is 0.599. The number of hydrogen-bond donors (Lipinski definition) is 2. The highest BCUT2D eigenvalue weighted by molar-refractivity contribution is 7.89. The van der Waals surface area contributed by atoms with Gasteiger partial charge < -0.3 is 10.2 Å². The van der Waals surface area contributed by atoms with Crippen molar-refractivity contribution in [3.63, 3.8) is 0 Å². The Bertz CT molecular complexity index is 752. The summed E-state index contributed by atoms with van der Waals surface area (Å²) in [6.07, 6.45) is 1.58. The second-order valence-electron chi connectivity index (χ2n) is 4.29. The van der Waals surface area contributed by atoms with E-state index in [9.17, 15) is 13.2 Å². The monoisotopic (exact) mass is 351 g/mol. The molecule has 0 unspecified atom stereocenters. The minimum atomic E-state index is -3.80. The van der Waals surface area contributed by atoms with Crippen molar-refractivity contribution in [3.05, 3.63) is 16.7 Å². The Hall–Kier alpha value is -1.36. The summed E-state index contributed by atoms with van der Waals surface area (Å²) >= 11 is 7.16. The van der Waals surface area contributed by atoms with E-state index in [-0.39, 0.29) is 29.3 Å². The number of hydrogen-bond acceptors (Lipinski definition) is 5. The maximum Gasteiger partial charge on any atom is 0.316 e. The van der Waals surface area contributed by atoms with Gasteiger partial charge in [0.2, 0.25) is 0 Å². The molecule has 21 heavy (non-hydrogen) atoms. The number of sulfonamides is 1. The second kappa shape index (κ2) is 6.18. The van der Waals surface area contributed by atoms with Gasteiger partial charge in [0.1, 0.15) is 0 Å². The van der Waals surface area contributed by atoms with Gasteiger partial charge >= 0.3 is 6.03 Å². The molecular weight excluding hydrogens is 338 g/mol. The standard InChI is InChI=1S/C10H14ClN5O3S2/c1-15(2)9(17)12-3-4-13-21(18,19)8-7(11)14-10-16(8)5-6-20-10/h5-6,13H,3-4H2,1-2H3,(H,12,17). The number of carbonyl (C=O) groups is 1. The summed E-state index contributed by atoms with van der Waals surface area (Å²) in [7, 11) is -0.610. The molecule has 0 fully saturated rings. The van der Waals surface area contributed by atoms with Crippen molar-refractivity contribution in [2.24, 2.45) is 0 Å². The van der Waals surface area contributed by atoms with E-state index in [0.29, 0.717) is 4.96 Å². The van der Waals surface area contributed by atoms with Gasteiger partial charge in [-0.1, -0.05) is 11.6 Å². The highest BCUT2D eigenvalue weighted by atomic mass is 35.5. The van der Waals surface area contributed by atoms with Crippen molar-refractivity contribution in [2.45, 2.75) is 5.03 Å². The van der Waals surface area contributed by atoms with Crippen LogP contribution in [0.1, 0.15) is 0 Å². The van der Waals surface area contributed by atoms with E-state index in [4.69, 9.17) is 11.6 Å². The first-order valence-corrected chi connectivity index (χ1v) is 8.63. The summed E-state index contributed by atoms with van der Waals surface area (Å²) < 4.78 is 28.2. The lowest BCUT2D eigenvalue weighted by Gasteiger charge is -2.12. The van der Waals surface area contributed by atoms with Gasteiger partial charge in [0.25, 0.3) is 10.0 Å². The van der Waals surface area contributed by atoms with Crippen molar-refractivity contribution in [2.75, 3.05) is 27.2 Å². The van der Waals surface area contributed by atoms with Crippen LogP contribution in [-0.4, -0.2) is 55.9 Å². The maximum atomic E-state index is 12.2. The average molecular weight is 352 g/mol. The van der Waals surface area contributed by atoms with Crippen LogP contribution < -0.4 is 10.0 Å². The Balaban J connectivity index is 2.04. The van der Waals surface area contributed by atoms with Gasteiger partial charge in [0, 0.05) is 38.8 Å². The lowest BCUT2D eigenvalue weighted by atomic mass is 10.6. The first kappa shape index (κ1) is 16.0. The SMILES string of the molecule is CN(C)C(=O)NCCNS(=O)(=O)c1c(Cl)nc2sccn12. The summed E-state index contributed by atoms with van der Waals surface area (Å²) in [4.78, 5) is 17.1. The minimum absolute atomic E-state index is 0.0512. The van der Waals surface area contributed by atoms with Gasteiger partial charge in [0.15, 0.2) is 15.1 Å². The number of carbonyl (C=O) groups excluding carboxylic acids is 1. The van der Waals surface area contributed by atoms with Crippen LogP contribution in [0.2, 0.25) is 5.15 Å². The van der Waals surface area contributed by atoms with Crippen LogP contribution in [0.3, 0.4) is 0 Å². The molecule has 0 radical (unpaired) electrons. The number of halogens is 1. The van der Waals surface area contributed by atoms with Crippen LogP contribution >= 0.6 is 22.9 Å². The molecule has 2 N–H and O–H groups in total. The molecule has 2 aromatic rings. The smallest absolute Gasteiger partial charge is 0.316 e. The van der Waals surface area contributed by atoms with Gasteiger partial charge in [-0.25, -0.2) is 22.9 Å². The Morgan fingerprint density at radius 2 is 2.19 bits per heavy atom. The number of rotatable bonds is 5. The lowest BCUT2D eigenvalue weighted by Crippen LogP contribution is -2.39. The van der Waals surface area contributed by atoms with E-state index < -0.39 is 10.0 Å². The number of thiazole rings is 1. The Morgan fingerprint density at radius 3 is 2.86 bits per heavy atom. The lowest BCUT2D eigenvalue weighted by molar-refractivity contribution is 0.217. The van der Waals surface area contributed by atoms with Crippen LogP contribution in [-0.2, 0) is 10.0 Å². The summed E-state index contributed by atoms with van der Waals surface area (Å²) in [6.45, 7) is 0.217. The van der Waals surface area contributed by atoms with E-state index in [1.165, 1.54) is 20.6 Å². The van der Waals surface area contributed by atoms with Gasteiger partial charge in [-0.05, 0) is 0 Å². The molecule has 0 aliphatic heterocycles. The highest BCUT2D eigenvalue weighted by Gasteiger charge is 2.24. The number of nitrogens with one attached hydrogen (secondary N) is 2. The van der Waals surface area contributed by atoms with Crippen LogP contribution in [0.4, 0.5) is 4.79 Å². The molecule has 2 heterocycles. The molecule has 8 nitrogen and oxygen atoms in total. The molecule has 11 heteroatoms. The Kier molecular flexibility index (Phi) is 4.71. The van der Waals surface area contributed by atoms with E-state index in [0.717, 1.165) is 0 Å². The predicted molar refractivity (Wildman–Crippen MR) is 80.4 cm³/mol. The van der Waals surface area contributed by atoms with Crippen molar-refractivity contribution in [1.82, 2.24) is 24.3 Å². The molecule has 2 amide bonds. The normalized spacial score (nSPS) is 11.8. The fraction of sp³-hybridized carbons (Fsp3) is 0.400. The first-order valence-electron chi connectivity index (χ1n) is 5.89. The van der Waals surface area contributed by atoms with E-state index in [1.54, 1.807) is 25.7 Å². The molecule has 2 rings (SSSR count). The summed E-state index contributed by atoms with van der Waals surface area (Å²) in [6, 6.07) is -0.295. The van der Waals surface area contributed by atoms with E-state index in [2.05, 4.69) is 15.0 Å². The second-order valence-corrected chi connectivity index (χ2v) is 7.20. The Labute approximate surface area is 130 Å². The number of imidazole rings is 1. The fourth-order valence-corrected chi connectivity index (χ4v) is 4.04. The summed E-state index contributed by atoms with van der Waals surface area (Å²) in [5.41, 5.74) is 0. The number of amides is 2. The molecule has 0 bridgehead atoms. The van der Waals surface area contributed by atoms with Crippen molar-refractivity contribution in [3.8, 4) is 0 Å². The van der Waals surface area contributed by atoms with Crippen LogP contribution in [0.5, 0.6) is 0 Å². The first-order chi connectivity index (χ1) is 9.83. The Morgan fingerprint density at radius 1 is 1.48 bits per heavy atom. The quantitative estimate of drug-likeness (QED) is 0.771. The van der Waals surface area contributed by atoms with E-state index in [1.807, 2.05) is 0 Å². The molecule has 0 aromatic carbocycles. The molecule has 0 saturated carbocycles. The zero-order valence-corrected chi connectivity index (χ0v) is 13.7. The molecule has 0 aliphatic rings. The number of aromatic nitrogens is 2. The zero-order chi connectivity index (χ0) is 15.6. The van der Waals surface area contributed by atoms with Crippen LogP contribution in [0.25, 0.3) is 4.96 Å². The molecular formula is C10H14ClN5O3S2. The van der Waals surface area contributed by atoms with Gasteiger partial charge in [0.05, 0.1) is 0 Å². The number of fused-ring (bicyclic) bond motifs is 1. The topological polar surface area (TPSA) is 95.8 Å². The molecule has 116 valence electrons. The van der Waals surface area contributed by atoms with Gasteiger partial charge in [-0.15, -0.1) is 11.3 Å². The zero-order valence-electron chi connectivity index (χ0n) is 11.3. The van der Waals surface area contributed by atoms with Gasteiger partial charge in [-0.3, -0.25) is 4.40 Å². The minimum Gasteiger partial charge on any atom is -0.337 e. The molecule has 0 spiro atoms. The maximum absolute atomic E-state index is 12.2. The fourth-order valence-electron chi connectivity index (χ4n) is 1.56. The van der Waals surface area contributed by atoms with Crippen molar-refractivity contribution in [1.29, 1.82) is 0 Å². The third-order valence-electron chi connectivity index (χ3n) is 2.53. The average Bonchev–Trinajstić information content (AvgIpc) is 2.93. The number of urea groups is 1. The van der Waals surface area contributed by atoms with E-state index >= 15 is 0 Å². The van der Waals surface area contributed by atoms with Crippen LogP contribution in [0.15, 0.2) is 16.6 Å². The highest BCUT2D eigenvalue weighted by Crippen LogP contribution is 2.24. The van der Waals surface area contributed by atoms with Crippen molar-refractivity contribution >= 4 is 44.0 Å². The van der Waals surface area contributed by atoms with Crippen molar-refractivity contribution < 1.29 is 13.2 Å². The number of nitrogens with zero attached hydrogens (tertiary/aromatic N) is 3. The largest absolute Gasteiger partial charge is 0.337 e.